The molecule has 0 aliphatic heterocycles. The molecule has 0 N–H and O–H groups in total. The minimum absolute atomic E-state index is 0.216. The number of hydrogen-bond donors (Lipinski definition) is 0. The van der Waals surface area contributed by atoms with Crippen molar-refractivity contribution in [3.63, 3.8) is 0 Å². The lowest BCUT2D eigenvalue weighted by Gasteiger charge is -2.20. The number of carbonyl (C=O) groups excluding carboxylic acids is 1. The van der Waals surface area contributed by atoms with Gasteiger partial charge in [0.1, 0.15) is 0 Å². The summed E-state index contributed by atoms with van der Waals surface area (Å²) in [4.78, 5) is 10.7. The first-order valence-electron chi connectivity index (χ1n) is 3.06. The zero-order chi connectivity index (χ0) is 8.20. The summed E-state index contributed by atoms with van der Waals surface area (Å²) in [5, 5.41) is 0. The van der Waals surface area contributed by atoms with E-state index in [0.717, 1.165) is 0 Å². The minimum atomic E-state index is -0.427. The molecular weight excluding hydrogens is 128 g/mol. The van der Waals surface area contributed by atoms with Crippen LogP contribution in [0.15, 0.2) is 0 Å². The predicted octanol–water partition coefficient (Wildman–Crippen LogP) is 1.00. The summed E-state index contributed by atoms with van der Waals surface area (Å²) in [6.45, 7) is 3.64. The van der Waals surface area contributed by atoms with E-state index in [2.05, 4.69) is 0 Å². The van der Waals surface area contributed by atoms with E-state index in [9.17, 15) is 4.79 Å². The summed E-state index contributed by atoms with van der Waals surface area (Å²) >= 11 is 0. The van der Waals surface area contributed by atoms with Crippen LogP contribution in [0.2, 0.25) is 0 Å². The van der Waals surface area contributed by atoms with Gasteiger partial charge in [0.05, 0.1) is 5.60 Å². The molecule has 56 valence electrons. The summed E-state index contributed by atoms with van der Waals surface area (Å²) in [5.74, 6) is 1.82. The van der Waals surface area contributed by atoms with E-state index in [-0.39, 0.29) is 12.2 Å². The molecule has 0 rings (SSSR count). The summed E-state index contributed by atoms with van der Waals surface area (Å²) in [7, 11) is 1.56. The van der Waals surface area contributed by atoms with Gasteiger partial charge in [-0.25, -0.2) is 0 Å². The molecule has 0 aliphatic carbocycles. The first kappa shape index (κ1) is 9.19. The minimum Gasteiger partial charge on any atom is -0.378 e. The van der Waals surface area contributed by atoms with Gasteiger partial charge in [0.2, 0.25) is 5.78 Å². The van der Waals surface area contributed by atoms with E-state index in [4.69, 9.17) is 11.2 Å². The van der Waals surface area contributed by atoms with Gasteiger partial charge in [0, 0.05) is 13.5 Å². The average molecular weight is 140 g/mol. The Bertz CT molecular complexity index is 163. The number of hydrogen-bond acceptors (Lipinski definition) is 2. The second-order valence-electron chi connectivity index (χ2n) is 2.71. The van der Waals surface area contributed by atoms with Crippen molar-refractivity contribution in [1.29, 1.82) is 0 Å². The molecule has 2 nitrogen and oxygen atoms in total. The highest BCUT2D eigenvalue weighted by Crippen LogP contribution is 2.12. The van der Waals surface area contributed by atoms with Crippen LogP contribution in [-0.2, 0) is 9.53 Å². The first-order valence-corrected chi connectivity index (χ1v) is 3.06. The monoisotopic (exact) mass is 140 g/mol. The third-order valence-electron chi connectivity index (χ3n) is 1.30. The maximum atomic E-state index is 10.7. The molecule has 2 heteroatoms. The quantitative estimate of drug-likeness (QED) is 0.432. The summed E-state index contributed by atoms with van der Waals surface area (Å²) in [6.07, 6.45) is 5.16. The molecule has 0 aliphatic rings. The Labute approximate surface area is 61.6 Å². The second kappa shape index (κ2) is 3.38. The predicted molar refractivity (Wildman–Crippen MR) is 39.5 cm³/mol. The molecule has 0 atom stereocenters. The van der Waals surface area contributed by atoms with Crippen LogP contribution in [-0.4, -0.2) is 18.5 Å². The normalized spacial score (nSPS) is 10.6. The van der Waals surface area contributed by atoms with Gasteiger partial charge in [-0.05, 0) is 19.8 Å². The molecule has 0 radical (unpaired) electrons. The van der Waals surface area contributed by atoms with E-state index in [1.807, 2.05) is 19.8 Å². The topological polar surface area (TPSA) is 26.3 Å². The molecule has 10 heavy (non-hydrogen) atoms. The number of terminal acetylenes is 1. The lowest BCUT2D eigenvalue weighted by molar-refractivity contribution is -0.118. The molecule has 0 aromatic heterocycles. The molecule has 0 heterocycles. The van der Waals surface area contributed by atoms with Crippen LogP contribution in [0.4, 0.5) is 0 Å². The number of ketones is 1. The van der Waals surface area contributed by atoms with Crippen molar-refractivity contribution < 1.29 is 9.53 Å². The van der Waals surface area contributed by atoms with Gasteiger partial charge in [-0.2, -0.15) is 0 Å². The highest BCUT2D eigenvalue weighted by Gasteiger charge is 2.19. The van der Waals surface area contributed by atoms with Gasteiger partial charge >= 0.3 is 0 Å². The molecule has 0 saturated carbocycles. The van der Waals surface area contributed by atoms with Gasteiger partial charge in [-0.15, -0.1) is 6.42 Å². The first-order chi connectivity index (χ1) is 4.52. The fraction of sp³-hybridized carbons (Fsp3) is 0.625. The van der Waals surface area contributed by atoms with E-state index in [1.54, 1.807) is 7.11 Å². The maximum absolute atomic E-state index is 10.7. The Morgan fingerprint density at radius 1 is 1.70 bits per heavy atom. The summed E-state index contributed by atoms with van der Waals surface area (Å²) in [6, 6.07) is 0. The molecule has 0 unspecified atom stereocenters. The van der Waals surface area contributed by atoms with Crippen LogP contribution in [0.3, 0.4) is 0 Å². The van der Waals surface area contributed by atoms with E-state index in [0.29, 0.717) is 0 Å². The van der Waals surface area contributed by atoms with Crippen molar-refractivity contribution in [2.45, 2.75) is 25.9 Å². The molecule has 0 bridgehead atoms. The largest absolute Gasteiger partial charge is 0.378 e. The molecule has 0 amide bonds. The number of ether oxygens (including phenoxy) is 1. The standard InChI is InChI=1S/C8H12O2/c1-5-7(9)6-8(2,3)10-4/h1H,6H2,2-4H3. The lowest BCUT2D eigenvalue weighted by atomic mass is 10.0. The third kappa shape index (κ3) is 3.26. The molecule has 0 aromatic carbocycles. The summed E-state index contributed by atoms with van der Waals surface area (Å²) < 4.78 is 4.99. The van der Waals surface area contributed by atoms with Crippen molar-refractivity contribution in [3.05, 3.63) is 0 Å². The van der Waals surface area contributed by atoms with Gasteiger partial charge in [-0.3, -0.25) is 4.79 Å². The van der Waals surface area contributed by atoms with E-state index < -0.39 is 5.60 Å². The molecule has 0 saturated heterocycles. The zero-order valence-corrected chi connectivity index (χ0v) is 6.60. The van der Waals surface area contributed by atoms with Crippen molar-refractivity contribution in [1.82, 2.24) is 0 Å². The molecule has 0 fully saturated rings. The number of rotatable bonds is 3. The number of carbonyl (C=O) groups is 1. The molecular formula is C8H12O2. The fourth-order valence-corrected chi connectivity index (χ4v) is 0.510. The second-order valence-corrected chi connectivity index (χ2v) is 2.71. The number of methoxy groups -OCH3 is 1. The van der Waals surface area contributed by atoms with Crippen LogP contribution in [0, 0.1) is 12.3 Å². The van der Waals surface area contributed by atoms with E-state index >= 15 is 0 Å². The Kier molecular flexibility index (Phi) is 3.11. The van der Waals surface area contributed by atoms with Crippen molar-refractivity contribution in [3.8, 4) is 12.3 Å². The van der Waals surface area contributed by atoms with E-state index in [1.165, 1.54) is 0 Å². The Morgan fingerprint density at radius 3 is 2.50 bits per heavy atom. The maximum Gasteiger partial charge on any atom is 0.208 e. The highest BCUT2D eigenvalue weighted by atomic mass is 16.5. The van der Waals surface area contributed by atoms with Crippen molar-refractivity contribution in [2.75, 3.05) is 7.11 Å². The Morgan fingerprint density at radius 2 is 2.20 bits per heavy atom. The van der Waals surface area contributed by atoms with Crippen LogP contribution in [0.1, 0.15) is 20.3 Å². The van der Waals surface area contributed by atoms with Gasteiger partial charge in [-0.1, -0.05) is 0 Å². The molecule has 0 spiro atoms. The van der Waals surface area contributed by atoms with Crippen molar-refractivity contribution in [2.24, 2.45) is 0 Å². The summed E-state index contributed by atoms with van der Waals surface area (Å²) in [5.41, 5.74) is -0.427. The van der Waals surface area contributed by atoms with Crippen LogP contribution in [0.5, 0.6) is 0 Å². The van der Waals surface area contributed by atoms with Crippen LogP contribution < -0.4 is 0 Å². The molecule has 0 aromatic rings. The zero-order valence-electron chi connectivity index (χ0n) is 6.60. The Balaban J connectivity index is 3.91. The average Bonchev–Trinajstić information content (AvgIpc) is 1.87. The van der Waals surface area contributed by atoms with Crippen LogP contribution in [0.25, 0.3) is 0 Å². The lowest BCUT2D eigenvalue weighted by Crippen LogP contribution is -2.25. The third-order valence-corrected chi connectivity index (χ3v) is 1.30. The van der Waals surface area contributed by atoms with Crippen LogP contribution >= 0.6 is 0 Å². The van der Waals surface area contributed by atoms with Gasteiger partial charge in [0.25, 0.3) is 0 Å². The number of Topliss-reactive ketones (excluding diaryl/α,β-unsaturated/α-hetero) is 1. The van der Waals surface area contributed by atoms with Gasteiger partial charge < -0.3 is 4.74 Å². The fourth-order valence-electron chi connectivity index (χ4n) is 0.510. The smallest absolute Gasteiger partial charge is 0.208 e. The Hall–Kier alpha value is -0.810. The highest BCUT2D eigenvalue weighted by molar-refractivity contribution is 5.95. The van der Waals surface area contributed by atoms with Crippen molar-refractivity contribution >= 4 is 5.78 Å². The SMILES string of the molecule is C#CC(=O)CC(C)(C)OC. The van der Waals surface area contributed by atoms with Gasteiger partial charge in [0.15, 0.2) is 0 Å².